The monoisotopic (exact) mass is 328 g/mol. The summed E-state index contributed by atoms with van der Waals surface area (Å²) in [6, 6.07) is 0. The van der Waals surface area contributed by atoms with Gasteiger partial charge in [-0.1, -0.05) is 18.6 Å². The molecule has 0 aromatic heterocycles. The van der Waals surface area contributed by atoms with Crippen molar-refractivity contribution in [3.8, 4) is 0 Å². The number of carboxylic acids is 1. The number of hydrogen-bond donors (Lipinski definition) is 1. The number of rotatable bonds is 7. The third-order valence-corrected chi connectivity index (χ3v) is 4.78. The first-order valence-electron chi connectivity index (χ1n) is 7.49. The third-order valence-electron chi connectivity index (χ3n) is 4.78. The number of carbonyl (C=O) groups is 2. The zero-order chi connectivity index (χ0) is 15.5. The molecular formula is C16H25ClN2O3. The normalized spacial score (nSPS) is 26.8. The molecule has 2 fully saturated rings. The molecule has 1 amide bonds. The summed E-state index contributed by atoms with van der Waals surface area (Å²) in [6.07, 6.45) is 6.07. The predicted octanol–water partition coefficient (Wildman–Crippen LogP) is 1.80. The number of nitrogens with zero attached hydrogens (tertiary/aromatic N) is 2. The fraction of sp³-hybridized carbons (Fsp3) is 0.625. The highest BCUT2D eigenvalue weighted by atomic mass is 35.5. The Labute approximate surface area is 138 Å². The molecule has 0 aromatic rings. The molecule has 0 spiro atoms. The van der Waals surface area contributed by atoms with Crippen LogP contribution < -0.4 is 0 Å². The van der Waals surface area contributed by atoms with Gasteiger partial charge >= 0.3 is 5.97 Å². The van der Waals surface area contributed by atoms with Gasteiger partial charge in [0.25, 0.3) is 0 Å². The van der Waals surface area contributed by atoms with Gasteiger partial charge in [0.2, 0.25) is 5.91 Å². The first-order chi connectivity index (χ1) is 10.0. The van der Waals surface area contributed by atoms with E-state index >= 15 is 0 Å². The van der Waals surface area contributed by atoms with Crippen LogP contribution in [0.3, 0.4) is 0 Å². The first kappa shape index (κ1) is 18.7. The van der Waals surface area contributed by atoms with Gasteiger partial charge in [-0.05, 0) is 18.8 Å². The van der Waals surface area contributed by atoms with Crippen LogP contribution in [0.5, 0.6) is 0 Å². The van der Waals surface area contributed by atoms with Gasteiger partial charge < -0.3 is 10.0 Å². The molecule has 1 saturated heterocycles. The summed E-state index contributed by atoms with van der Waals surface area (Å²) in [5, 5.41) is 9.56. The van der Waals surface area contributed by atoms with E-state index in [1.165, 1.54) is 0 Å². The van der Waals surface area contributed by atoms with Crippen LogP contribution in [0, 0.1) is 11.3 Å². The second-order valence-electron chi connectivity index (χ2n) is 6.10. The highest BCUT2D eigenvalue weighted by Gasteiger charge is 2.54. The van der Waals surface area contributed by atoms with Crippen molar-refractivity contribution in [3.63, 3.8) is 0 Å². The lowest BCUT2D eigenvalue weighted by Crippen LogP contribution is -2.41. The van der Waals surface area contributed by atoms with Gasteiger partial charge in [-0.25, -0.2) is 0 Å². The molecule has 2 atom stereocenters. The van der Waals surface area contributed by atoms with Crippen LogP contribution in [0.4, 0.5) is 0 Å². The Balaban J connectivity index is 0.00000242. The summed E-state index contributed by atoms with van der Waals surface area (Å²) >= 11 is 0. The van der Waals surface area contributed by atoms with E-state index in [1.54, 1.807) is 17.1 Å². The average molecular weight is 329 g/mol. The van der Waals surface area contributed by atoms with Crippen molar-refractivity contribution in [1.29, 1.82) is 0 Å². The van der Waals surface area contributed by atoms with Crippen molar-refractivity contribution in [1.82, 2.24) is 9.80 Å². The molecule has 0 bridgehead atoms. The zero-order valence-electron chi connectivity index (χ0n) is 12.9. The molecule has 1 aliphatic heterocycles. The van der Waals surface area contributed by atoms with E-state index in [1.807, 2.05) is 4.90 Å². The van der Waals surface area contributed by atoms with Crippen LogP contribution in [0.25, 0.3) is 0 Å². The lowest BCUT2D eigenvalue weighted by atomic mass is 9.81. The van der Waals surface area contributed by atoms with E-state index in [0.717, 1.165) is 19.3 Å². The van der Waals surface area contributed by atoms with Crippen molar-refractivity contribution < 1.29 is 14.7 Å². The van der Waals surface area contributed by atoms with E-state index in [4.69, 9.17) is 0 Å². The van der Waals surface area contributed by atoms with Gasteiger partial charge in [-0.15, -0.1) is 25.6 Å². The number of hydrogen-bond acceptors (Lipinski definition) is 3. The number of carboxylic acid groups (broad SMARTS) is 1. The van der Waals surface area contributed by atoms with Crippen LogP contribution in [-0.2, 0) is 9.59 Å². The summed E-state index contributed by atoms with van der Waals surface area (Å²) in [5.41, 5.74) is -0.623. The minimum atomic E-state index is -0.700. The molecular weight excluding hydrogens is 304 g/mol. The highest BCUT2D eigenvalue weighted by Crippen LogP contribution is 2.48. The summed E-state index contributed by atoms with van der Waals surface area (Å²) in [4.78, 5) is 27.6. The van der Waals surface area contributed by atoms with Gasteiger partial charge in [-0.2, -0.15) is 0 Å². The van der Waals surface area contributed by atoms with E-state index in [2.05, 4.69) is 13.2 Å². The van der Waals surface area contributed by atoms with Crippen molar-refractivity contribution in [2.24, 2.45) is 11.3 Å². The molecule has 0 unspecified atom stereocenters. The number of aliphatic carboxylic acids is 1. The molecule has 124 valence electrons. The van der Waals surface area contributed by atoms with Gasteiger partial charge in [0.05, 0.1) is 12.0 Å². The Bertz CT molecular complexity index is 445. The smallest absolute Gasteiger partial charge is 0.311 e. The molecule has 1 aliphatic carbocycles. The van der Waals surface area contributed by atoms with E-state index < -0.39 is 11.4 Å². The first-order valence-corrected chi connectivity index (χ1v) is 7.49. The third kappa shape index (κ3) is 3.52. The summed E-state index contributed by atoms with van der Waals surface area (Å²) < 4.78 is 0. The van der Waals surface area contributed by atoms with Gasteiger partial charge in [0.15, 0.2) is 0 Å². The Kier molecular flexibility index (Phi) is 6.63. The second-order valence-corrected chi connectivity index (χ2v) is 6.10. The van der Waals surface area contributed by atoms with Crippen molar-refractivity contribution in [3.05, 3.63) is 25.3 Å². The summed E-state index contributed by atoms with van der Waals surface area (Å²) in [5.74, 6) is -0.501. The maximum Gasteiger partial charge on any atom is 0.311 e. The molecule has 22 heavy (non-hydrogen) atoms. The molecule has 6 heteroatoms. The number of likely N-dealkylation sites (tertiary alicyclic amines) is 1. The van der Waals surface area contributed by atoms with E-state index in [-0.39, 0.29) is 30.8 Å². The fourth-order valence-corrected chi connectivity index (χ4v) is 3.74. The van der Waals surface area contributed by atoms with Crippen molar-refractivity contribution >= 4 is 24.3 Å². The predicted molar refractivity (Wildman–Crippen MR) is 88.1 cm³/mol. The topological polar surface area (TPSA) is 60.9 Å². The van der Waals surface area contributed by atoms with Crippen LogP contribution in [0.15, 0.2) is 25.3 Å². The lowest BCUT2D eigenvalue weighted by molar-refractivity contribution is -0.149. The second kappa shape index (κ2) is 7.79. The Morgan fingerprint density at radius 1 is 1.32 bits per heavy atom. The molecule has 0 radical (unpaired) electrons. The number of halogens is 1. The van der Waals surface area contributed by atoms with E-state index in [9.17, 15) is 14.7 Å². The maximum absolute atomic E-state index is 12.3. The van der Waals surface area contributed by atoms with Crippen LogP contribution in [-0.4, -0.2) is 59.5 Å². The SMILES string of the molecule is C=CCN(CC=C)C(=O)CN1C[C@@H]2CCC[C@@]2(C(=O)O)C1.Cl. The van der Waals surface area contributed by atoms with Crippen LogP contribution >= 0.6 is 12.4 Å². The number of fused-ring (bicyclic) bond motifs is 1. The molecule has 5 nitrogen and oxygen atoms in total. The summed E-state index contributed by atoms with van der Waals surface area (Å²) in [6.45, 7) is 9.80. The van der Waals surface area contributed by atoms with Crippen LogP contribution in [0.1, 0.15) is 19.3 Å². The van der Waals surface area contributed by atoms with Gasteiger partial charge in [0, 0.05) is 26.2 Å². The highest BCUT2D eigenvalue weighted by molar-refractivity contribution is 5.85. The Morgan fingerprint density at radius 2 is 1.95 bits per heavy atom. The van der Waals surface area contributed by atoms with Gasteiger partial charge in [0.1, 0.15) is 0 Å². The number of carbonyl (C=O) groups excluding carboxylic acids is 1. The quantitative estimate of drug-likeness (QED) is 0.724. The van der Waals surface area contributed by atoms with Gasteiger partial charge in [-0.3, -0.25) is 14.5 Å². The Morgan fingerprint density at radius 3 is 2.45 bits per heavy atom. The largest absolute Gasteiger partial charge is 0.481 e. The maximum atomic E-state index is 12.3. The molecule has 2 rings (SSSR count). The molecule has 1 N–H and O–H groups in total. The van der Waals surface area contributed by atoms with Crippen molar-refractivity contribution in [2.45, 2.75) is 19.3 Å². The molecule has 2 aliphatic rings. The van der Waals surface area contributed by atoms with Crippen molar-refractivity contribution in [2.75, 3.05) is 32.7 Å². The zero-order valence-corrected chi connectivity index (χ0v) is 13.7. The Hall–Kier alpha value is -1.33. The number of amides is 1. The average Bonchev–Trinajstić information content (AvgIpc) is 2.96. The summed E-state index contributed by atoms with van der Waals surface area (Å²) in [7, 11) is 0. The minimum Gasteiger partial charge on any atom is -0.481 e. The molecule has 0 aromatic carbocycles. The standard InChI is InChI=1S/C16H24N2O3.ClH/c1-3-8-18(9-4-2)14(19)11-17-10-13-6-5-7-16(13,12-17)15(20)21;/h3-4,13H,1-2,5-12H2,(H,20,21);1H/t13-,16+;/m0./s1. The minimum absolute atomic E-state index is 0. The van der Waals surface area contributed by atoms with Crippen LogP contribution in [0.2, 0.25) is 0 Å². The molecule has 1 heterocycles. The molecule has 1 saturated carbocycles. The lowest BCUT2D eigenvalue weighted by Gasteiger charge is -2.25. The fourth-order valence-electron chi connectivity index (χ4n) is 3.74. The van der Waals surface area contributed by atoms with E-state index in [0.29, 0.717) is 26.2 Å².